The normalized spacial score (nSPS) is 11.6. The minimum absolute atomic E-state index is 0.0118. The summed E-state index contributed by atoms with van der Waals surface area (Å²) in [6.45, 7) is 2.00. The molecule has 160 valence electrons. The number of benzene rings is 2. The van der Waals surface area contributed by atoms with Crippen molar-refractivity contribution in [3.8, 4) is 0 Å². The SMILES string of the molecule is Cc1nn(C)c2cc(N(C)c3ccnc(Nc4cccc(CS(C)(=O)=O)c4)n3)ccc12. The first-order chi connectivity index (χ1) is 14.7. The molecule has 0 aliphatic heterocycles. The lowest BCUT2D eigenvalue weighted by Crippen LogP contribution is -2.12. The van der Waals surface area contributed by atoms with Crippen molar-refractivity contribution in [1.82, 2.24) is 19.7 Å². The minimum Gasteiger partial charge on any atom is -0.329 e. The van der Waals surface area contributed by atoms with Crippen molar-refractivity contribution in [2.75, 3.05) is 23.5 Å². The summed E-state index contributed by atoms with van der Waals surface area (Å²) in [5.41, 5.74) is 4.47. The van der Waals surface area contributed by atoms with Crippen molar-refractivity contribution in [2.45, 2.75) is 12.7 Å². The van der Waals surface area contributed by atoms with Gasteiger partial charge in [0.15, 0.2) is 9.84 Å². The minimum atomic E-state index is -3.10. The standard InChI is InChI=1S/C22H24N6O2S/c1-15-19-9-8-18(13-20(19)28(3)26-15)27(2)21-10-11-23-22(25-21)24-17-7-5-6-16(12-17)14-31(4,29)30/h5-13H,14H2,1-4H3,(H,23,24,25). The van der Waals surface area contributed by atoms with Crippen molar-refractivity contribution >= 4 is 43.9 Å². The van der Waals surface area contributed by atoms with Gasteiger partial charge in [0.05, 0.1) is 17.0 Å². The molecule has 0 saturated heterocycles. The molecule has 0 amide bonds. The summed E-state index contributed by atoms with van der Waals surface area (Å²) >= 11 is 0. The van der Waals surface area contributed by atoms with E-state index >= 15 is 0 Å². The van der Waals surface area contributed by atoms with Crippen molar-refractivity contribution < 1.29 is 8.42 Å². The Morgan fingerprint density at radius 1 is 1.13 bits per heavy atom. The van der Waals surface area contributed by atoms with E-state index in [0.29, 0.717) is 11.5 Å². The van der Waals surface area contributed by atoms with Crippen LogP contribution in [0.4, 0.5) is 23.1 Å². The van der Waals surface area contributed by atoms with Crippen LogP contribution in [0.2, 0.25) is 0 Å². The molecule has 0 fully saturated rings. The summed E-state index contributed by atoms with van der Waals surface area (Å²) in [7, 11) is 0.777. The largest absolute Gasteiger partial charge is 0.329 e. The lowest BCUT2D eigenvalue weighted by atomic mass is 10.2. The van der Waals surface area contributed by atoms with Crippen LogP contribution < -0.4 is 10.2 Å². The molecule has 9 heteroatoms. The summed E-state index contributed by atoms with van der Waals surface area (Å²) in [6.07, 6.45) is 2.91. The third kappa shape index (κ3) is 4.66. The first-order valence-corrected chi connectivity index (χ1v) is 11.8. The lowest BCUT2D eigenvalue weighted by molar-refractivity contribution is 0.601. The van der Waals surface area contributed by atoms with E-state index in [-0.39, 0.29) is 5.75 Å². The molecule has 0 spiro atoms. The Bertz CT molecular complexity index is 1360. The molecule has 1 N–H and O–H groups in total. The van der Waals surface area contributed by atoms with Crippen LogP contribution in [-0.4, -0.2) is 41.5 Å². The van der Waals surface area contributed by atoms with Crippen LogP contribution in [0.25, 0.3) is 10.9 Å². The Hall–Kier alpha value is -3.46. The molecule has 4 rings (SSSR count). The molecule has 0 saturated carbocycles. The van der Waals surface area contributed by atoms with Gasteiger partial charge >= 0.3 is 0 Å². The van der Waals surface area contributed by atoms with Crippen LogP contribution in [-0.2, 0) is 22.6 Å². The smallest absolute Gasteiger partial charge is 0.229 e. The van der Waals surface area contributed by atoms with Gasteiger partial charge in [-0.15, -0.1) is 0 Å². The highest BCUT2D eigenvalue weighted by molar-refractivity contribution is 7.89. The highest BCUT2D eigenvalue weighted by atomic mass is 32.2. The molecule has 0 aliphatic rings. The average molecular weight is 437 g/mol. The van der Waals surface area contributed by atoms with Gasteiger partial charge < -0.3 is 10.2 Å². The van der Waals surface area contributed by atoms with Gasteiger partial charge in [-0.3, -0.25) is 4.68 Å². The highest BCUT2D eigenvalue weighted by Crippen LogP contribution is 2.28. The molecule has 0 bridgehead atoms. The van der Waals surface area contributed by atoms with E-state index < -0.39 is 9.84 Å². The van der Waals surface area contributed by atoms with E-state index in [4.69, 9.17) is 0 Å². The zero-order chi connectivity index (χ0) is 22.2. The van der Waals surface area contributed by atoms with Gasteiger partial charge in [-0.2, -0.15) is 10.1 Å². The molecule has 2 aromatic heterocycles. The topological polar surface area (TPSA) is 93.0 Å². The number of aromatic nitrogens is 4. The second-order valence-electron chi connectivity index (χ2n) is 7.60. The fourth-order valence-corrected chi connectivity index (χ4v) is 4.32. The van der Waals surface area contributed by atoms with Crippen LogP contribution in [0, 0.1) is 6.92 Å². The number of sulfone groups is 1. The van der Waals surface area contributed by atoms with E-state index in [2.05, 4.69) is 32.5 Å². The quantitative estimate of drug-likeness (QED) is 0.492. The van der Waals surface area contributed by atoms with Crippen molar-refractivity contribution in [1.29, 1.82) is 0 Å². The highest BCUT2D eigenvalue weighted by Gasteiger charge is 2.12. The van der Waals surface area contributed by atoms with Crippen LogP contribution in [0.15, 0.2) is 54.7 Å². The van der Waals surface area contributed by atoms with Gasteiger partial charge in [0.1, 0.15) is 5.82 Å². The van der Waals surface area contributed by atoms with E-state index in [1.54, 1.807) is 18.3 Å². The predicted octanol–water partition coefficient (Wildman–Crippen LogP) is 3.73. The van der Waals surface area contributed by atoms with Crippen LogP contribution in [0.5, 0.6) is 0 Å². The van der Waals surface area contributed by atoms with Gasteiger partial charge in [0, 0.05) is 43.3 Å². The summed E-state index contributed by atoms with van der Waals surface area (Å²) in [5.74, 6) is 1.14. The zero-order valence-corrected chi connectivity index (χ0v) is 18.7. The summed E-state index contributed by atoms with van der Waals surface area (Å²) in [5, 5.41) is 8.76. The molecule has 0 unspecified atom stereocenters. The van der Waals surface area contributed by atoms with Crippen LogP contribution >= 0.6 is 0 Å². The number of nitrogens with one attached hydrogen (secondary N) is 1. The molecule has 0 radical (unpaired) electrons. The zero-order valence-electron chi connectivity index (χ0n) is 17.9. The van der Waals surface area contributed by atoms with Gasteiger partial charge in [0.25, 0.3) is 0 Å². The molecule has 0 atom stereocenters. The third-order valence-corrected chi connectivity index (χ3v) is 5.86. The number of hydrogen-bond acceptors (Lipinski definition) is 7. The third-order valence-electron chi connectivity index (χ3n) is 5.00. The van der Waals surface area contributed by atoms with Crippen LogP contribution in [0.1, 0.15) is 11.3 Å². The number of aryl methyl sites for hydroxylation is 2. The maximum atomic E-state index is 11.6. The van der Waals surface area contributed by atoms with E-state index in [1.807, 2.05) is 54.9 Å². The molecular weight excluding hydrogens is 412 g/mol. The van der Waals surface area contributed by atoms with E-state index in [0.717, 1.165) is 33.8 Å². The van der Waals surface area contributed by atoms with Crippen molar-refractivity contribution in [3.63, 3.8) is 0 Å². The molecule has 2 heterocycles. The lowest BCUT2D eigenvalue weighted by Gasteiger charge is -2.19. The van der Waals surface area contributed by atoms with Gasteiger partial charge in [0.2, 0.25) is 5.95 Å². The molecule has 31 heavy (non-hydrogen) atoms. The number of rotatable bonds is 6. The van der Waals surface area contributed by atoms with Gasteiger partial charge in [-0.1, -0.05) is 12.1 Å². The first kappa shape index (κ1) is 20.8. The Balaban J connectivity index is 1.58. The number of anilines is 4. The average Bonchev–Trinajstić information content (AvgIpc) is 3.00. The van der Waals surface area contributed by atoms with Gasteiger partial charge in [-0.25, -0.2) is 13.4 Å². The number of fused-ring (bicyclic) bond motifs is 1. The Morgan fingerprint density at radius 3 is 2.71 bits per heavy atom. The fraction of sp³-hybridized carbons (Fsp3) is 0.227. The summed E-state index contributed by atoms with van der Waals surface area (Å²) < 4.78 is 25.0. The Morgan fingerprint density at radius 2 is 1.94 bits per heavy atom. The summed E-state index contributed by atoms with van der Waals surface area (Å²) in [4.78, 5) is 10.9. The maximum absolute atomic E-state index is 11.6. The van der Waals surface area contributed by atoms with Crippen molar-refractivity contribution in [3.05, 3.63) is 66.0 Å². The summed E-state index contributed by atoms with van der Waals surface area (Å²) in [6, 6.07) is 15.3. The second-order valence-corrected chi connectivity index (χ2v) is 9.74. The van der Waals surface area contributed by atoms with Crippen molar-refractivity contribution in [2.24, 2.45) is 7.05 Å². The van der Waals surface area contributed by atoms with Crippen LogP contribution in [0.3, 0.4) is 0 Å². The Kier molecular flexibility index (Phi) is 5.36. The monoisotopic (exact) mass is 436 g/mol. The first-order valence-electron chi connectivity index (χ1n) is 9.73. The molecule has 8 nitrogen and oxygen atoms in total. The second kappa shape index (κ2) is 7.99. The Labute approximate surface area is 181 Å². The fourth-order valence-electron chi connectivity index (χ4n) is 3.53. The molecular formula is C22H24N6O2S. The maximum Gasteiger partial charge on any atom is 0.229 e. The number of hydrogen-bond donors (Lipinski definition) is 1. The molecule has 0 aliphatic carbocycles. The molecule has 2 aromatic carbocycles. The van der Waals surface area contributed by atoms with Gasteiger partial charge in [-0.05, 0) is 48.9 Å². The molecule has 4 aromatic rings. The van der Waals surface area contributed by atoms with E-state index in [1.165, 1.54) is 6.26 Å². The number of nitrogens with zero attached hydrogens (tertiary/aromatic N) is 5. The van der Waals surface area contributed by atoms with E-state index in [9.17, 15) is 8.42 Å². The predicted molar refractivity (Wildman–Crippen MR) is 124 cm³/mol.